The number of pyridine rings is 1. The molecule has 31 heavy (non-hydrogen) atoms. The first kappa shape index (κ1) is 20.2. The molecule has 0 unspecified atom stereocenters. The van der Waals surface area contributed by atoms with Crippen LogP contribution in [-0.2, 0) is 0 Å². The summed E-state index contributed by atoms with van der Waals surface area (Å²) < 4.78 is 10.8. The summed E-state index contributed by atoms with van der Waals surface area (Å²) in [7, 11) is 3.03. The van der Waals surface area contributed by atoms with E-state index in [2.05, 4.69) is 15.3 Å². The summed E-state index contributed by atoms with van der Waals surface area (Å²) in [6, 6.07) is 14.0. The number of nitrogens with one attached hydrogen (secondary N) is 2. The highest BCUT2D eigenvalue weighted by atomic mass is 16.5. The quantitative estimate of drug-likeness (QED) is 0.456. The Bertz CT molecular complexity index is 1260. The monoisotopic (exact) mass is 415 g/mol. The molecule has 0 atom stereocenters. The Hall–Kier alpha value is -4.13. The van der Waals surface area contributed by atoms with E-state index in [0.717, 1.165) is 5.52 Å². The number of aromatic amines is 1. The van der Waals surface area contributed by atoms with Gasteiger partial charge in [-0.2, -0.15) is 0 Å². The van der Waals surface area contributed by atoms with E-state index in [0.29, 0.717) is 45.0 Å². The number of hydrogen-bond acceptors (Lipinski definition) is 5. The van der Waals surface area contributed by atoms with Crippen molar-refractivity contribution in [2.24, 2.45) is 0 Å². The Morgan fingerprint density at radius 1 is 0.968 bits per heavy atom. The highest BCUT2D eigenvalue weighted by Crippen LogP contribution is 2.34. The number of hydrogen-bond donors (Lipinski definition) is 2. The van der Waals surface area contributed by atoms with Gasteiger partial charge in [-0.3, -0.25) is 14.6 Å². The summed E-state index contributed by atoms with van der Waals surface area (Å²) in [5.41, 5.74) is 3.36. The van der Waals surface area contributed by atoms with Crippen LogP contribution in [0.15, 0.2) is 60.9 Å². The maximum atomic E-state index is 13.6. The second kappa shape index (κ2) is 8.31. The fraction of sp³-hybridized carbons (Fsp3) is 0.125. The van der Waals surface area contributed by atoms with E-state index >= 15 is 0 Å². The highest BCUT2D eigenvalue weighted by Gasteiger charge is 2.24. The van der Waals surface area contributed by atoms with Crippen molar-refractivity contribution in [3.8, 4) is 11.5 Å². The van der Waals surface area contributed by atoms with Crippen molar-refractivity contribution in [1.29, 1.82) is 0 Å². The summed E-state index contributed by atoms with van der Waals surface area (Å²) in [5.74, 6) is 0.353. The lowest BCUT2D eigenvalue weighted by molar-refractivity contribution is 0.102. The average Bonchev–Trinajstić information content (AvgIpc) is 3.13. The van der Waals surface area contributed by atoms with E-state index in [1.165, 1.54) is 20.4 Å². The number of amides is 1. The molecule has 0 spiro atoms. The third-order valence-corrected chi connectivity index (χ3v) is 5.05. The Balaban J connectivity index is 1.77. The molecule has 4 aromatic rings. The third-order valence-electron chi connectivity index (χ3n) is 5.05. The summed E-state index contributed by atoms with van der Waals surface area (Å²) >= 11 is 0. The molecule has 0 aliphatic heterocycles. The van der Waals surface area contributed by atoms with Crippen molar-refractivity contribution in [2.45, 2.75) is 6.92 Å². The fourth-order valence-electron chi connectivity index (χ4n) is 3.60. The summed E-state index contributed by atoms with van der Waals surface area (Å²) in [5, 5.41) is 3.55. The highest BCUT2D eigenvalue weighted by molar-refractivity contribution is 6.20. The molecule has 1 amide bonds. The number of ether oxygens (including phenoxy) is 2. The van der Waals surface area contributed by atoms with E-state index in [-0.39, 0.29) is 11.7 Å². The summed E-state index contributed by atoms with van der Waals surface area (Å²) in [4.78, 5) is 33.3. The van der Waals surface area contributed by atoms with Crippen LogP contribution in [0, 0.1) is 6.92 Å². The molecule has 0 radical (unpaired) electrons. The predicted molar refractivity (Wildman–Crippen MR) is 118 cm³/mol. The number of rotatable bonds is 6. The Labute approximate surface area is 179 Å². The lowest BCUT2D eigenvalue weighted by atomic mass is 9.98. The molecule has 2 aromatic carbocycles. The van der Waals surface area contributed by atoms with Gasteiger partial charge in [-0.15, -0.1) is 0 Å². The smallest absolute Gasteiger partial charge is 0.257 e. The van der Waals surface area contributed by atoms with E-state index in [1.807, 2.05) is 13.0 Å². The zero-order chi connectivity index (χ0) is 22.0. The lowest BCUT2D eigenvalue weighted by Gasteiger charge is -2.12. The van der Waals surface area contributed by atoms with E-state index in [4.69, 9.17) is 9.47 Å². The topological polar surface area (TPSA) is 93.3 Å². The molecule has 2 heterocycles. The molecule has 2 N–H and O–H groups in total. The van der Waals surface area contributed by atoms with E-state index in [9.17, 15) is 9.59 Å². The van der Waals surface area contributed by atoms with Crippen LogP contribution in [0.1, 0.15) is 32.0 Å². The minimum absolute atomic E-state index is 0.228. The number of ketones is 1. The van der Waals surface area contributed by atoms with Crippen LogP contribution < -0.4 is 14.8 Å². The maximum absolute atomic E-state index is 13.6. The zero-order valence-electron chi connectivity index (χ0n) is 17.4. The van der Waals surface area contributed by atoms with Gasteiger partial charge >= 0.3 is 0 Å². The molecule has 0 bridgehead atoms. The first-order valence-corrected chi connectivity index (χ1v) is 9.63. The molecular formula is C24H21N3O4. The van der Waals surface area contributed by atoms with Crippen LogP contribution in [0.2, 0.25) is 0 Å². The lowest BCUT2D eigenvalue weighted by Crippen LogP contribution is -2.12. The molecule has 2 aromatic heterocycles. The Morgan fingerprint density at radius 2 is 1.71 bits per heavy atom. The number of aryl methyl sites for hydroxylation is 1. The number of benzene rings is 2. The molecule has 0 aliphatic rings. The van der Waals surface area contributed by atoms with Crippen LogP contribution in [0.5, 0.6) is 11.5 Å². The summed E-state index contributed by atoms with van der Waals surface area (Å²) in [6.45, 7) is 1.84. The first-order chi connectivity index (χ1) is 15.0. The molecule has 156 valence electrons. The average molecular weight is 415 g/mol. The largest absolute Gasteiger partial charge is 0.496 e. The molecule has 0 aliphatic carbocycles. The molecule has 0 saturated carbocycles. The number of fused-ring (bicyclic) bond motifs is 1. The van der Waals surface area contributed by atoms with Gasteiger partial charge in [0.1, 0.15) is 17.1 Å². The number of carbonyl (C=O) groups excluding carboxylic acids is 2. The number of anilines is 1. The van der Waals surface area contributed by atoms with Crippen LogP contribution in [-0.4, -0.2) is 35.9 Å². The van der Waals surface area contributed by atoms with Gasteiger partial charge in [0.2, 0.25) is 5.78 Å². The number of aromatic nitrogens is 2. The Kier molecular flexibility index (Phi) is 5.41. The number of methoxy groups -OCH3 is 2. The van der Waals surface area contributed by atoms with Gasteiger partial charge in [0.15, 0.2) is 0 Å². The van der Waals surface area contributed by atoms with Gasteiger partial charge in [0, 0.05) is 34.7 Å². The first-order valence-electron chi connectivity index (χ1n) is 9.63. The SMILES string of the molecule is COc1cccc(OC)c1C(=O)c1c(C)[nH]c2ccc(NC(=O)c3cccnc3)cc12. The van der Waals surface area contributed by atoms with Crippen molar-refractivity contribution in [2.75, 3.05) is 19.5 Å². The van der Waals surface area contributed by atoms with Gasteiger partial charge in [0.05, 0.1) is 25.3 Å². The predicted octanol–water partition coefficient (Wildman–Crippen LogP) is 4.37. The normalized spacial score (nSPS) is 10.7. The van der Waals surface area contributed by atoms with Crippen LogP contribution in [0.3, 0.4) is 0 Å². The number of nitrogens with zero attached hydrogens (tertiary/aromatic N) is 1. The van der Waals surface area contributed by atoms with Gasteiger partial charge in [-0.05, 0) is 49.4 Å². The molecule has 0 fully saturated rings. The standard InChI is InChI=1S/C24H21N3O4/c1-14-21(23(28)22-19(30-2)7-4-8-20(22)31-3)17-12-16(9-10-18(17)26-14)27-24(29)15-6-5-11-25-13-15/h4-13,26H,1-3H3,(H,27,29). The van der Waals surface area contributed by atoms with Crippen LogP contribution in [0.4, 0.5) is 5.69 Å². The van der Waals surface area contributed by atoms with Crippen molar-refractivity contribution < 1.29 is 19.1 Å². The number of carbonyl (C=O) groups is 2. The van der Waals surface area contributed by atoms with Gasteiger partial charge < -0.3 is 19.8 Å². The second-order valence-corrected chi connectivity index (χ2v) is 6.95. The second-order valence-electron chi connectivity index (χ2n) is 6.95. The fourth-order valence-corrected chi connectivity index (χ4v) is 3.60. The van der Waals surface area contributed by atoms with Gasteiger partial charge in [0.25, 0.3) is 5.91 Å². The maximum Gasteiger partial charge on any atom is 0.257 e. The molecule has 0 saturated heterocycles. The van der Waals surface area contributed by atoms with Gasteiger partial charge in [-0.25, -0.2) is 0 Å². The molecular weight excluding hydrogens is 394 g/mol. The molecule has 7 nitrogen and oxygen atoms in total. The van der Waals surface area contributed by atoms with Crippen LogP contribution in [0.25, 0.3) is 10.9 Å². The number of H-pyrrole nitrogens is 1. The van der Waals surface area contributed by atoms with Gasteiger partial charge in [-0.1, -0.05) is 6.07 Å². The molecule has 4 rings (SSSR count). The van der Waals surface area contributed by atoms with Crippen molar-refractivity contribution in [3.05, 3.63) is 83.3 Å². The van der Waals surface area contributed by atoms with E-state index < -0.39 is 0 Å². The Morgan fingerprint density at radius 3 is 2.35 bits per heavy atom. The van der Waals surface area contributed by atoms with Crippen molar-refractivity contribution in [1.82, 2.24) is 9.97 Å². The molecule has 7 heteroatoms. The zero-order valence-corrected chi connectivity index (χ0v) is 17.4. The van der Waals surface area contributed by atoms with Crippen molar-refractivity contribution >= 4 is 28.3 Å². The minimum Gasteiger partial charge on any atom is -0.496 e. The van der Waals surface area contributed by atoms with E-state index in [1.54, 1.807) is 48.7 Å². The van der Waals surface area contributed by atoms with Crippen LogP contribution >= 0.6 is 0 Å². The summed E-state index contributed by atoms with van der Waals surface area (Å²) in [6.07, 6.45) is 3.10. The minimum atomic E-state index is -0.279. The van der Waals surface area contributed by atoms with Crippen molar-refractivity contribution in [3.63, 3.8) is 0 Å². The third kappa shape index (κ3) is 3.73.